The Morgan fingerprint density at radius 1 is 1.05 bits per heavy atom. The van der Waals surface area contributed by atoms with E-state index in [-0.39, 0.29) is 0 Å². The normalized spacial score (nSPS) is 10.6. The van der Waals surface area contributed by atoms with Crippen LogP contribution in [0.5, 0.6) is 0 Å². The van der Waals surface area contributed by atoms with Gasteiger partial charge in [-0.05, 0) is 37.3 Å². The summed E-state index contributed by atoms with van der Waals surface area (Å²) in [5.74, 6) is 0.909. The maximum atomic E-state index is 5.73. The van der Waals surface area contributed by atoms with Crippen LogP contribution in [0.3, 0.4) is 0 Å². The summed E-state index contributed by atoms with van der Waals surface area (Å²) in [5.41, 5.74) is 8.79. The van der Waals surface area contributed by atoms with Crippen LogP contribution in [0.15, 0.2) is 47.0 Å². The first-order valence-electron chi connectivity index (χ1n) is 5.86. The van der Waals surface area contributed by atoms with E-state index in [1.807, 2.05) is 43.3 Å². The number of aromatic nitrogens is 3. The lowest BCUT2D eigenvalue weighted by Gasteiger charge is -1.96. The summed E-state index contributed by atoms with van der Waals surface area (Å²) >= 11 is 0. The van der Waals surface area contributed by atoms with Crippen LogP contribution in [-0.4, -0.2) is 15.1 Å². The van der Waals surface area contributed by atoms with Gasteiger partial charge in [0.25, 0.3) is 5.89 Å². The summed E-state index contributed by atoms with van der Waals surface area (Å²) in [5, 5.41) is 3.94. The third-order valence-corrected chi connectivity index (χ3v) is 2.68. The van der Waals surface area contributed by atoms with Gasteiger partial charge in [0.2, 0.25) is 5.82 Å². The average Bonchev–Trinajstić information content (AvgIpc) is 2.88. The Morgan fingerprint density at radius 3 is 2.68 bits per heavy atom. The zero-order chi connectivity index (χ0) is 13.2. The van der Waals surface area contributed by atoms with Gasteiger partial charge in [-0.1, -0.05) is 17.3 Å². The Morgan fingerprint density at radius 2 is 1.89 bits per heavy atom. The predicted octanol–water partition coefficient (Wildman–Crippen LogP) is 2.69. The molecule has 3 aromatic rings. The van der Waals surface area contributed by atoms with Crippen LogP contribution in [0.25, 0.3) is 23.0 Å². The average molecular weight is 252 g/mol. The highest BCUT2D eigenvalue weighted by atomic mass is 16.5. The van der Waals surface area contributed by atoms with Crippen LogP contribution in [0.4, 0.5) is 5.69 Å². The molecule has 0 fully saturated rings. The minimum absolute atomic E-state index is 0.436. The number of hydrogen-bond acceptors (Lipinski definition) is 5. The lowest BCUT2D eigenvalue weighted by Crippen LogP contribution is -1.88. The Kier molecular flexibility index (Phi) is 2.72. The molecule has 5 heteroatoms. The summed E-state index contributed by atoms with van der Waals surface area (Å²) in [4.78, 5) is 8.70. The van der Waals surface area contributed by atoms with Gasteiger partial charge >= 0.3 is 0 Å². The Bertz CT molecular complexity index is 661. The molecule has 0 amide bonds. The first kappa shape index (κ1) is 11.4. The monoisotopic (exact) mass is 252 g/mol. The summed E-state index contributed by atoms with van der Waals surface area (Å²) in [6.45, 7) is 1.92. The molecule has 0 aliphatic rings. The van der Waals surface area contributed by atoms with Crippen LogP contribution in [0.1, 0.15) is 5.69 Å². The molecule has 0 aliphatic heterocycles. The maximum absolute atomic E-state index is 5.73. The number of hydrogen-bond donors (Lipinski definition) is 1. The molecule has 94 valence electrons. The van der Waals surface area contributed by atoms with Crippen molar-refractivity contribution in [1.29, 1.82) is 0 Å². The third kappa shape index (κ3) is 2.30. The fourth-order valence-electron chi connectivity index (χ4n) is 1.78. The van der Waals surface area contributed by atoms with Gasteiger partial charge in [0.05, 0.1) is 0 Å². The number of anilines is 1. The van der Waals surface area contributed by atoms with Gasteiger partial charge in [-0.3, -0.25) is 0 Å². The summed E-state index contributed by atoms with van der Waals surface area (Å²) < 4.78 is 5.24. The largest absolute Gasteiger partial charge is 0.399 e. The molecule has 2 N–H and O–H groups in total. The van der Waals surface area contributed by atoms with E-state index in [0.717, 1.165) is 11.3 Å². The van der Waals surface area contributed by atoms with E-state index in [1.54, 1.807) is 6.07 Å². The molecule has 1 aromatic carbocycles. The Labute approximate surface area is 110 Å². The quantitative estimate of drug-likeness (QED) is 0.709. The van der Waals surface area contributed by atoms with E-state index < -0.39 is 0 Å². The fraction of sp³-hybridized carbons (Fsp3) is 0.0714. The highest BCUT2D eigenvalue weighted by molar-refractivity contribution is 5.61. The van der Waals surface area contributed by atoms with E-state index in [0.29, 0.717) is 23.1 Å². The Hall–Kier alpha value is -2.69. The van der Waals surface area contributed by atoms with Crippen molar-refractivity contribution in [3.63, 3.8) is 0 Å². The SMILES string of the molecule is Cc1cccc(-c2noc(-c3cccc(N)c3)n2)n1. The highest BCUT2D eigenvalue weighted by Gasteiger charge is 2.11. The van der Waals surface area contributed by atoms with Crippen molar-refractivity contribution < 1.29 is 4.52 Å². The molecule has 2 aromatic heterocycles. The van der Waals surface area contributed by atoms with Crippen molar-refractivity contribution in [2.45, 2.75) is 6.92 Å². The van der Waals surface area contributed by atoms with Crippen LogP contribution in [-0.2, 0) is 0 Å². The van der Waals surface area contributed by atoms with Crippen molar-refractivity contribution >= 4 is 5.69 Å². The lowest BCUT2D eigenvalue weighted by atomic mass is 10.2. The first-order chi connectivity index (χ1) is 9.22. The summed E-state index contributed by atoms with van der Waals surface area (Å²) in [6.07, 6.45) is 0. The summed E-state index contributed by atoms with van der Waals surface area (Å²) in [7, 11) is 0. The van der Waals surface area contributed by atoms with E-state index in [4.69, 9.17) is 10.3 Å². The van der Waals surface area contributed by atoms with Gasteiger partial charge in [-0.15, -0.1) is 0 Å². The van der Waals surface area contributed by atoms with Crippen LogP contribution in [0.2, 0.25) is 0 Å². The molecule has 0 atom stereocenters. The minimum Gasteiger partial charge on any atom is -0.399 e. The molecule has 2 heterocycles. The smallest absolute Gasteiger partial charge is 0.258 e. The van der Waals surface area contributed by atoms with E-state index >= 15 is 0 Å². The second-order valence-electron chi connectivity index (χ2n) is 4.21. The Balaban J connectivity index is 2.00. The lowest BCUT2D eigenvalue weighted by molar-refractivity contribution is 0.432. The van der Waals surface area contributed by atoms with E-state index in [1.165, 1.54) is 0 Å². The molecule has 0 unspecified atom stereocenters. The summed E-state index contributed by atoms with van der Waals surface area (Å²) in [6, 6.07) is 13.0. The number of aryl methyl sites for hydroxylation is 1. The van der Waals surface area contributed by atoms with Crippen molar-refractivity contribution in [1.82, 2.24) is 15.1 Å². The molecular formula is C14H12N4O. The molecule has 5 nitrogen and oxygen atoms in total. The van der Waals surface area contributed by atoms with E-state index in [9.17, 15) is 0 Å². The molecule has 0 saturated heterocycles. The van der Waals surface area contributed by atoms with Crippen molar-refractivity contribution in [3.8, 4) is 23.0 Å². The van der Waals surface area contributed by atoms with Crippen molar-refractivity contribution in [2.75, 3.05) is 5.73 Å². The zero-order valence-corrected chi connectivity index (χ0v) is 10.4. The van der Waals surface area contributed by atoms with Crippen molar-refractivity contribution in [3.05, 3.63) is 48.2 Å². The standard InChI is InChI=1S/C14H12N4O/c1-9-4-2-7-12(16-9)13-17-14(19-18-13)10-5-3-6-11(15)8-10/h2-8H,15H2,1H3. The molecular weight excluding hydrogens is 240 g/mol. The van der Waals surface area contributed by atoms with Gasteiger partial charge in [0.15, 0.2) is 0 Å². The number of nitrogens with two attached hydrogens (primary N) is 1. The second kappa shape index (κ2) is 4.53. The number of nitrogen functional groups attached to an aromatic ring is 1. The molecule has 0 aliphatic carbocycles. The van der Waals surface area contributed by atoms with Crippen LogP contribution < -0.4 is 5.73 Å². The maximum Gasteiger partial charge on any atom is 0.258 e. The third-order valence-electron chi connectivity index (χ3n) is 2.68. The van der Waals surface area contributed by atoms with Crippen molar-refractivity contribution in [2.24, 2.45) is 0 Å². The van der Waals surface area contributed by atoms with Gasteiger partial charge in [0, 0.05) is 16.9 Å². The minimum atomic E-state index is 0.436. The number of nitrogens with zero attached hydrogens (tertiary/aromatic N) is 3. The highest BCUT2D eigenvalue weighted by Crippen LogP contribution is 2.22. The molecule has 0 spiro atoms. The van der Waals surface area contributed by atoms with Gasteiger partial charge < -0.3 is 10.3 Å². The fourth-order valence-corrected chi connectivity index (χ4v) is 1.78. The van der Waals surface area contributed by atoms with Gasteiger partial charge in [0.1, 0.15) is 5.69 Å². The first-order valence-corrected chi connectivity index (χ1v) is 5.86. The second-order valence-corrected chi connectivity index (χ2v) is 4.21. The molecule has 0 saturated carbocycles. The molecule has 19 heavy (non-hydrogen) atoms. The molecule has 3 rings (SSSR count). The van der Waals surface area contributed by atoms with Crippen LogP contribution >= 0.6 is 0 Å². The molecule has 0 bridgehead atoms. The number of rotatable bonds is 2. The van der Waals surface area contributed by atoms with Crippen LogP contribution in [0, 0.1) is 6.92 Å². The van der Waals surface area contributed by atoms with E-state index in [2.05, 4.69) is 15.1 Å². The number of pyridine rings is 1. The van der Waals surface area contributed by atoms with Gasteiger partial charge in [-0.25, -0.2) is 4.98 Å². The van der Waals surface area contributed by atoms with Gasteiger partial charge in [-0.2, -0.15) is 4.98 Å². The zero-order valence-electron chi connectivity index (χ0n) is 10.4. The predicted molar refractivity (Wildman–Crippen MR) is 72.1 cm³/mol. The number of benzene rings is 1. The molecule has 0 radical (unpaired) electrons. The topological polar surface area (TPSA) is 77.8 Å².